The molecule has 0 amide bonds. The predicted octanol–water partition coefficient (Wildman–Crippen LogP) is 2.61. The Balaban J connectivity index is 3.06. The average molecular weight is 188 g/mol. The monoisotopic (exact) mass is 188 g/mol. The molecule has 0 aliphatic heterocycles. The quantitative estimate of drug-likeness (QED) is 0.772. The van der Waals surface area contributed by atoms with Gasteiger partial charge in [-0.3, -0.25) is 0 Å². The highest BCUT2D eigenvalue weighted by atomic mass is 19.3. The summed E-state index contributed by atoms with van der Waals surface area (Å²) >= 11 is 0. The van der Waals surface area contributed by atoms with Crippen molar-refractivity contribution in [3.05, 3.63) is 23.3 Å². The van der Waals surface area contributed by atoms with E-state index in [1.165, 1.54) is 6.07 Å². The summed E-state index contributed by atoms with van der Waals surface area (Å²) < 4.78 is 27.8. The SMILES string of the molecule is Cc1cc(C)c(OC(F)F)c(O)c1. The molecule has 0 atom stereocenters. The molecule has 0 aromatic heterocycles. The number of benzene rings is 1. The Hall–Kier alpha value is -1.32. The van der Waals surface area contributed by atoms with Gasteiger partial charge in [0.15, 0.2) is 11.5 Å². The van der Waals surface area contributed by atoms with Crippen molar-refractivity contribution in [1.29, 1.82) is 0 Å². The number of halogens is 2. The van der Waals surface area contributed by atoms with Crippen LogP contribution < -0.4 is 4.74 Å². The summed E-state index contributed by atoms with van der Waals surface area (Å²) in [6, 6.07) is 3.04. The highest BCUT2D eigenvalue weighted by Crippen LogP contribution is 2.32. The minimum atomic E-state index is -2.91. The largest absolute Gasteiger partial charge is 0.504 e. The zero-order valence-electron chi connectivity index (χ0n) is 7.34. The molecule has 0 heterocycles. The Kier molecular flexibility index (Phi) is 2.70. The molecule has 4 heteroatoms. The smallest absolute Gasteiger partial charge is 0.387 e. The standard InChI is InChI=1S/C9H10F2O2/c1-5-3-6(2)8(7(12)4-5)13-9(10)11/h3-4,9,12H,1-2H3. The molecule has 1 aromatic carbocycles. The molecular formula is C9H10F2O2. The molecule has 0 bridgehead atoms. The third-order valence-corrected chi connectivity index (χ3v) is 1.61. The summed E-state index contributed by atoms with van der Waals surface area (Å²) in [7, 11) is 0. The highest BCUT2D eigenvalue weighted by molar-refractivity contribution is 5.47. The van der Waals surface area contributed by atoms with E-state index in [0.717, 1.165) is 5.56 Å². The Morgan fingerprint density at radius 1 is 1.31 bits per heavy atom. The first-order valence-corrected chi connectivity index (χ1v) is 3.75. The van der Waals surface area contributed by atoms with Crippen molar-refractivity contribution in [2.75, 3.05) is 0 Å². The first-order valence-electron chi connectivity index (χ1n) is 3.75. The van der Waals surface area contributed by atoms with Crippen LogP contribution in [0.3, 0.4) is 0 Å². The summed E-state index contributed by atoms with van der Waals surface area (Å²) in [6.07, 6.45) is 0. The van der Waals surface area contributed by atoms with Crippen LogP contribution in [0.25, 0.3) is 0 Å². The molecule has 1 N–H and O–H groups in total. The van der Waals surface area contributed by atoms with E-state index in [1.54, 1.807) is 19.9 Å². The number of hydrogen-bond acceptors (Lipinski definition) is 2. The van der Waals surface area contributed by atoms with Crippen molar-refractivity contribution >= 4 is 0 Å². The average Bonchev–Trinajstić information content (AvgIpc) is 1.96. The van der Waals surface area contributed by atoms with Gasteiger partial charge in [0.05, 0.1) is 0 Å². The van der Waals surface area contributed by atoms with E-state index < -0.39 is 6.61 Å². The Labute approximate surface area is 74.8 Å². The number of aromatic hydroxyl groups is 1. The van der Waals surface area contributed by atoms with Crippen LogP contribution in [0.5, 0.6) is 11.5 Å². The first kappa shape index (κ1) is 9.77. The number of ether oxygens (including phenoxy) is 1. The Morgan fingerprint density at radius 3 is 2.38 bits per heavy atom. The van der Waals surface area contributed by atoms with Crippen LogP contribution in [0.15, 0.2) is 12.1 Å². The number of phenols is 1. The third-order valence-electron chi connectivity index (χ3n) is 1.61. The molecule has 0 aliphatic rings. The van der Waals surface area contributed by atoms with Crippen LogP contribution >= 0.6 is 0 Å². The molecular weight excluding hydrogens is 178 g/mol. The fraction of sp³-hybridized carbons (Fsp3) is 0.333. The zero-order valence-corrected chi connectivity index (χ0v) is 7.34. The number of hydrogen-bond donors (Lipinski definition) is 1. The van der Waals surface area contributed by atoms with Gasteiger partial charge in [-0.1, -0.05) is 6.07 Å². The van der Waals surface area contributed by atoms with Crippen LogP contribution in [-0.4, -0.2) is 11.7 Å². The van der Waals surface area contributed by atoms with Crippen molar-refractivity contribution < 1.29 is 18.6 Å². The number of rotatable bonds is 2. The molecule has 0 aliphatic carbocycles. The van der Waals surface area contributed by atoms with Gasteiger partial charge >= 0.3 is 6.61 Å². The second-order valence-corrected chi connectivity index (χ2v) is 2.81. The lowest BCUT2D eigenvalue weighted by molar-refractivity contribution is -0.0517. The van der Waals surface area contributed by atoms with E-state index in [0.29, 0.717) is 5.56 Å². The van der Waals surface area contributed by atoms with Crippen LogP contribution in [-0.2, 0) is 0 Å². The van der Waals surface area contributed by atoms with Gasteiger partial charge in [0, 0.05) is 0 Å². The van der Waals surface area contributed by atoms with Crippen LogP contribution in [0.2, 0.25) is 0 Å². The van der Waals surface area contributed by atoms with E-state index >= 15 is 0 Å². The molecule has 13 heavy (non-hydrogen) atoms. The second kappa shape index (κ2) is 3.60. The normalized spacial score (nSPS) is 10.5. The van der Waals surface area contributed by atoms with Crippen molar-refractivity contribution in [1.82, 2.24) is 0 Å². The minimum Gasteiger partial charge on any atom is -0.504 e. The lowest BCUT2D eigenvalue weighted by Crippen LogP contribution is -2.03. The summed E-state index contributed by atoms with van der Waals surface area (Å²) in [4.78, 5) is 0. The van der Waals surface area contributed by atoms with E-state index in [-0.39, 0.29) is 11.5 Å². The molecule has 0 saturated carbocycles. The zero-order chi connectivity index (χ0) is 10.0. The Bertz CT molecular complexity index is 287. The topological polar surface area (TPSA) is 29.5 Å². The third kappa shape index (κ3) is 2.31. The number of alkyl halides is 2. The molecule has 0 saturated heterocycles. The van der Waals surface area contributed by atoms with E-state index in [4.69, 9.17) is 0 Å². The fourth-order valence-electron chi connectivity index (χ4n) is 1.17. The maximum atomic E-state index is 11.8. The van der Waals surface area contributed by atoms with Crippen LogP contribution in [0, 0.1) is 13.8 Å². The summed E-state index contributed by atoms with van der Waals surface area (Å²) in [5, 5.41) is 9.26. The van der Waals surface area contributed by atoms with Crippen LogP contribution in [0.4, 0.5) is 8.78 Å². The van der Waals surface area contributed by atoms with E-state index in [2.05, 4.69) is 4.74 Å². The van der Waals surface area contributed by atoms with Gasteiger partial charge in [0.2, 0.25) is 0 Å². The van der Waals surface area contributed by atoms with Crippen molar-refractivity contribution in [3.8, 4) is 11.5 Å². The summed E-state index contributed by atoms with van der Waals surface area (Å²) in [6.45, 7) is 0.454. The minimum absolute atomic E-state index is 0.152. The second-order valence-electron chi connectivity index (χ2n) is 2.81. The van der Waals surface area contributed by atoms with Crippen LogP contribution in [0.1, 0.15) is 11.1 Å². The van der Waals surface area contributed by atoms with Gasteiger partial charge in [-0.05, 0) is 31.0 Å². The number of phenolic OH excluding ortho intramolecular Hbond substituents is 1. The number of aryl methyl sites for hydroxylation is 2. The molecule has 0 fully saturated rings. The molecule has 72 valence electrons. The van der Waals surface area contributed by atoms with Gasteiger partial charge < -0.3 is 9.84 Å². The molecule has 0 spiro atoms. The lowest BCUT2D eigenvalue weighted by atomic mass is 10.1. The first-order chi connectivity index (χ1) is 6.00. The maximum Gasteiger partial charge on any atom is 0.387 e. The van der Waals surface area contributed by atoms with Crippen molar-refractivity contribution in [2.24, 2.45) is 0 Å². The Morgan fingerprint density at radius 2 is 1.92 bits per heavy atom. The molecule has 1 rings (SSSR count). The van der Waals surface area contributed by atoms with Gasteiger partial charge in [0.25, 0.3) is 0 Å². The lowest BCUT2D eigenvalue weighted by Gasteiger charge is -2.10. The van der Waals surface area contributed by atoms with Gasteiger partial charge in [-0.2, -0.15) is 8.78 Å². The predicted molar refractivity (Wildman–Crippen MR) is 44.2 cm³/mol. The molecule has 0 radical (unpaired) electrons. The molecule has 0 unspecified atom stereocenters. The van der Waals surface area contributed by atoms with E-state index in [1.807, 2.05) is 0 Å². The van der Waals surface area contributed by atoms with Crippen molar-refractivity contribution in [2.45, 2.75) is 20.5 Å². The van der Waals surface area contributed by atoms with Gasteiger partial charge in [-0.25, -0.2) is 0 Å². The molecule has 2 nitrogen and oxygen atoms in total. The van der Waals surface area contributed by atoms with Crippen molar-refractivity contribution in [3.63, 3.8) is 0 Å². The summed E-state index contributed by atoms with van der Waals surface area (Å²) in [5.41, 5.74) is 1.30. The summed E-state index contributed by atoms with van der Waals surface area (Å²) in [5.74, 6) is -0.404. The highest BCUT2D eigenvalue weighted by Gasteiger charge is 2.12. The van der Waals surface area contributed by atoms with Gasteiger partial charge in [-0.15, -0.1) is 0 Å². The van der Waals surface area contributed by atoms with Gasteiger partial charge in [0.1, 0.15) is 0 Å². The molecule has 1 aromatic rings. The fourth-order valence-corrected chi connectivity index (χ4v) is 1.17. The van der Waals surface area contributed by atoms with E-state index in [9.17, 15) is 13.9 Å². The maximum absolute atomic E-state index is 11.8.